The maximum atomic E-state index is 12.7. The van der Waals surface area contributed by atoms with Gasteiger partial charge in [0.25, 0.3) is 11.8 Å². The van der Waals surface area contributed by atoms with Gasteiger partial charge in [0.05, 0.1) is 25.0 Å². The van der Waals surface area contributed by atoms with Gasteiger partial charge in [0.1, 0.15) is 0 Å². The van der Waals surface area contributed by atoms with E-state index in [9.17, 15) is 19.2 Å². The summed E-state index contributed by atoms with van der Waals surface area (Å²) in [4.78, 5) is 48.9. The Morgan fingerprint density at radius 1 is 1.10 bits per heavy atom. The number of carbonyl (C=O) groups is 4. The summed E-state index contributed by atoms with van der Waals surface area (Å²) >= 11 is 0. The van der Waals surface area contributed by atoms with E-state index in [4.69, 9.17) is 9.15 Å². The maximum Gasteiger partial charge on any atom is 0.340 e. The molecule has 1 aliphatic rings. The Balaban J connectivity index is 1.58. The van der Waals surface area contributed by atoms with Crippen molar-refractivity contribution >= 4 is 29.5 Å². The van der Waals surface area contributed by atoms with Gasteiger partial charge in [-0.05, 0) is 43.7 Å². The standard InChI is InChI=1S/C20H22N4O6/c1-2-29-19(27)14-6-3-7-15(12-14)22-20(28)24-10-5-9-23(24)17(25)13-21-18(26)16-8-4-11-30-16/h3-4,6-8,11-12H,2,5,9-10,13H2,1H3,(H,21,26)(H,22,28). The second-order valence-corrected chi connectivity index (χ2v) is 6.38. The molecular weight excluding hydrogens is 392 g/mol. The first-order valence-electron chi connectivity index (χ1n) is 9.47. The molecule has 10 nitrogen and oxygen atoms in total. The molecule has 2 aromatic rings. The number of carbonyl (C=O) groups excluding carboxylic acids is 4. The molecule has 158 valence electrons. The van der Waals surface area contributed by atoms with Gasteiger partial charge >= 0.3 is 12.0 Å². The number of anilines is 1. The van der Waals surface area contributed by atoms with Crippen molar-refractivity contribution in [1.82, 2.24) is 15.3 Å². The van der Waals surface area contributed by atoms with Crippen LogP contribution in [-0.2, 0) is 9.53 Å². The topological polar surface area (TPSA) is 121 Å². The Kier molecular flexibility index (Phi) is 6.68. The number of benzene rings is 1. The molecule has 0 atom stereocenters. The van der Waals surface area contributed by atoms with E-state index in [1.165, 1.54) is 28.4 Å². The van der Waals surface area contributed by atoms with E-state index >= 15 is 0 Å². The smallest absolute Gasteiger partial charge is 0.340 e. The quantitative estimate of drug-likeness (QED) is 0.696. The normalized spacial score (nSPS) is 13.1. The van der Waals surface area contributed by atoms with Crippen LogP contribution in [0.1, 0.15) is 34.3 Å². The molecule has 4 amide bonds. The predicted octanol–water partition coefficient (Wildman–Crippen LogP) is 1.87. The van der Waals surface area contributed by atoms with Crippen LogP contribution in [0.25, 0.3) is 0 Å². The summed E-state index contributed by atoms with van der Waals surface area (Å²) in [5, 5.41) is 7.71. The number of urea groups is 1. The van der Waals surface area contributed by atoms with Gasteiger partial charge in [-0.1, -0.05) is 6.07 Å². The molecule has 1 aromatic heterocycles. The van der Waals surface area contributed by atoms with Crippen molar-refractivity contribution in [3.05, 3.63) is 54.0 Å². The SMILES string of the molecule is CCOC(=O)c1cccc(NC(=O)N2CCCN2C(=O)CNC(=O)c2ccco2)c1. The van der Waals surface area contributed by atoms with Gasteiger partial charge in [-0.25, -0.2) is 19.6 Å². The van der Waals surface area contributed by atoms with Crippen molar-refractivity contribution in [2.24, 2.45) is 0 Å². The van der Waals surface area contributed by atoms with Crippen LogP contribution in [0.4, 0.5) is 10.5 Å². The van der Waals surface area contributed by atoms with Crippen molar-refractivity contribution in [2.45, 2.75) is 13.3 Å². The lowest BCUT2D eigenvalue weighted by molar-refractivity contribution is -0.138. The minimum Gasteiger partial charge on any atom is -0.462 e. The lowest BCUT2D eigenvalue weighted by atomic mass is 10.2. The number of hydrogen-bond acceptors (Lipinski definition) is 6. The van der Waals surface area contributed by atoms with Crippen molar-refractivity contribution < 1.29 is 28.3 Å². The van der Waals surface area contributed by atoms with Gasteiger partial charge in [-0.3, -0.25) is 9.59 Å². The number of hydrogen-bond donors (Lipinski definition) is 2. The molecular formula is C20H22N4O6. The summed E-state index contributed by atoms with van der Waals surface area (Å²) in [7, 11) is 0. The lowest BCUT2D eigenvalue weighted by Gasteiger charge is -2.28. The van der Waals surface area contributed by atoms with E-state index < -0.39 is 23.8 Å². The van der Waals surface area contributed by atoms with Gasteiger partial charge in [-0.2, -0.15) is 0 Å². The highest BCUT2D eigenvalue weighted by Crippen LogP contribution is 2.16. The third kappa shape index (κ3) is 4.96. The molecule has 0 saturated carbocycles. The van der Waals surface area contributed by atoms with E-state index in [2.05, 4.69) is 10.6 Å². The molecule has 3 rings (SSSR count). The minimum atomic E-state index is -0.515. The van der Waals surface area contributed by atoms with Crippen LogP contribution in [0.15, 0.2) is 47.1 Å². The summed E-state index contributed by atoms with van der Waals surface area (Å²) < 4.78 is 9.93. The van der Waals surface area contributed by atoms with Gasteiger partial charge < -0.3 is 19.8 Å². The first-order valence-corrected chi connectivity index (χ1v) is 9.47. The average molecular weight is 414 g/mol. The fraction of sp³-hybridized carbons (Fsp3) is 0.300. The zero-order valence-corrected chi connectivity index (χ0v) is 16.4. The number of nitrogens with zero attached hydrogens (tertiary/aromatic N) is 2. The molecule has 10 heteroatoms. The Morgan fingerprint density at radius 2 is 1.90 bits per heavy atom. The van der Waals surface area contributed by atoms with Crippen molar-refractivity contribution in [3.8, 4) is 0 Å². The molecule has 2 heterocycles. The number of hydrazine groups is 1. The van der Waals surface area contributed by atoms with E-state index in [-0.39, 0.29) is 18.9 Å². The van der Waals surface area contributed by atoms with Crippen LogP contribution in [0.5, 0.6) is 0 Å². The molecule has 1 aliphatic heterocycles. The van der Waals surface area contributed by atoms with E-state index in [0.717, 1.165) is 0 Å². The fourth-order valence-corrected chi connectivity index (χ4v) is 2.95. The van der Waals surface area contributed by atoms with E-state index in [1.54, 1.807) is 31.2 Å². The molecule has 0 unspecified atom stereocenters. The summed E-state index contributed by atoms with van der Waals surface area (Å²) in [6.07, 6.45) is 1.97. The first-order chi connectivity index (χ1) is 14.5. The molecule has 1 aromatic carbocycles. The van der Waals surface area contributed by atoms with Crippen molar-refractivity contribution in [3.63, 3.8) is 0 Å². The van der Waals surface area contributed by atoms with E-state index in [1.807, 2.05) is 0 Å². The average Bonchev–Trinajstić information content (AvgIpc) is 3.44. The fourth-order valence-electron chi connectivity index (χ4n) is 2.95. The second-order valence-electron chi connectivity index (χ2n) is 6.38. The minimum absolute atomic E-state index is 0.0975. The number of esters is 1. The van der Waals surface area contributed by atoms with Gasteiger partial charge in [0.15, 0.2) is 5.76 Å². The Hall–Kier alpha value is -3.82. The first kappa shape index (κ1) is 20.9. The van der Waals surface area contributed by atoms with E-state index in [0.29, 0.717) is 30.8 Å². The lowest BCUT2D eigenvalue weighted by Crippen LogP contribution is -2.49. The number of nitrogens with one attached hydrogen (secondary N) is 2. The highest BCUT2D eigenvalue weighted by atomic mass is 16.5. The molecule has 1 saturated heterocycles. The second kappa shape index (κ2) is 9.59. The summed E-state index contributed by atoms with van der Waals surface area (Å²) in [6.45, 7) is 2.38. The van der Waals surface area contributed by atoms with Gasteiger partial charge in [-0.15, -0.1) is 0 Å². The number of furan rings is 1. The highest BCUT2D eigenvalue weighted by molar-refractivity contribution is 5.96. The summed E-state index contributed by atoms with van der Waals surface area (Å²) in [5.41, 5.74) is 0.709. The Morgan fingerprint density at radius 3 is 2.63 bits per heavy atom. The summed E-state index contributed by atoms with van der Waals surface area (Å²) in [6, 6.07) is 8.88. The predicted molar refractivity (Wildman–Crippen MR) is 105 cm³/mol. The number of rotatable bonds is 6. The molecule has 30 heavy (non-hydrogen) atoms. The molecule has 0 bridgehead atoms. The molecule has 1 fully saturated rings. The molecule has 0 spiro atoms. The molecule has 0 radical (unpaired) electrons. The molecule has 2 N–H and O–H groups in total. The van der Waals surface area contributed by atoms with Gasteiger partial charge in [0.2, 0.25) is 0 Å². The van der Waals surface area contributed by atoms with Crippen LogP contribution >= 0.6 is 0 Å². The number of amides is 4. The zero-order chi connectivity index (χ0) is 21.5. The Bertz CT molecular complexity index is 927. The van der Waals surface area contributed by atoms with Crippen molar-refractivity contribution in [2.75, 3.05) is 31.6 Å². The maximum absolute atomic E-state index is 12.7. The van der Waals surface area contributed by atoms with Crippen LogP contribution < -0.4 is 10.6 Å². The van der Waals surface area contributed by atoms with Crippen LogP contribution in [0.3, 0.4) is 0 Å². The van der Waals surface area contributed by atoms with Gasteiger partial charge in [0, 0.05) is 18.8 Å². The zero-order valence-electron chi connectivity index (χ0n) is 16.4. The third-order valence-corrected chi connectivity index (χ3v) is 4.32. The largest absolute Gasteiger partial charge is 0.462 e. The van der Waals surface area contributed by atoms with Crippen LogP contribution in [0.2, 0.25) is 0 Å². The third-order valence-electron chi connectivity index (χ3n) is 4.32. The molecule has 0 aliphatic carbocycles. The summed E-state index contributed by atoms with van der Waals surface area (Å²) in [5.74, 6) is -1.33. The Labute approximate surface area is 172 Å². The van der Waals surface area contributed by atoms with Crippen LogP contribution in [-0.4, -0.2) is 60.1 Å². The monoisotopic (exact) mass is 414 g/mol. The highest BCUT2D eigenvalue weighted by Gasteiger charge is 2.31. The number of ether oxygens (including phenoxy) is 1. The van der Waals surface area contributed by atoms with Crippen molar-refractivity contribution in [1.29, 1.82) is 0 Å². The van der Waals surface area contributed by atoms with Crippen LogP contribution in [0, 0.1) is 0 Å².